The van der Waals surface area contributed by atoms with Crippen LogP contribution in [0.15, 0.2) is 58.8 Å². The highest BCUT2D eigenvalue weighted by atomic mass is 16.1. The number of nitrogen functional groups attached to an aromatic ring is 1. The van der Waals surface area contributed by atoms with Crippen molar-refractivity contribution >= 4 is 28.7 Å². The second-order valence-electron chi connectivity index (χ2n) is 3.99. The van der Waals surface area contributed by atoms with Gasteiger partial charge in [-0.3, -0.25) is 4.79 Å². The Morgan fingerprint density at radius 2 is 1.84 bits per heavy atom. The number of azo groups is 1. The average molecular weight is 254 g/mol. The number of rotatable bonds is 3. The molecule has 0 aromatic heterocycles. The Balaban J connectivity index is 2.29. The van der Waals surface area contributed by atoms with Crippen molar-refractivity contribution in [2.45, 2.75) is 6.92 Å². The summed E-state index contributed by atoms with van der Waals surface area (Å²) in [5.41, 5.74) is 8.10. The van der Waals surface area contributed by atoms with Crippen molar-refractivity contribution in [1.29, 1.82) is 0 Å². The lowest BCUT2D eigenvalue weighted by Gasteiger charge is -2.06. The molecule has 5 nitrogen and oxygen atoms in total. The first-order valence-electron chi connectivity index (χ1n) is 5.79. The molecule has 19 heavy (non-hydrogen) atoms. The summed E-state index contributed by atoms with van der Waals surface area (Å²) in [6.07, 6.45) is 0. The van der Waals surface area contributed by atoms with Gasteiger partial charge in [0.1, 0.15) is 5.69 Å². The molecule has 0 atom stereocenters. The molecular formula is C14H14N4O. The molecule has 2 rings (SSSR count). The highest BCUT2D eigenvalue weighted by molar-refractivity contribution is 5.92. The quantitative estimate of drug-likeness (QED) is 0.647. The van der Waals surface area contributed by atoms with Gasteiger partial charge in [-0.15, -0.1) is 5.11 Å². The second-order valence-corrected chi connectivity index (χ2v) is 3.99. The number of hydrogen-bond acceptors (Lipinski definition) is 4. The first-order valence-corrected chi connectivity index (χ1v) is 5.79. The third-order valence-electron chi connectivity index (χ3n) is 2.36. The van der Waals surface area contributed by atoms with Crippen molar-refractivity contribution in [2.75, 3.05) is 11.1 Å². The van der Waals surface area contributed by atoms with Crippen molar-refractivity contribution in [2.24, 2.45) is 10.2 Å². The van der Waals surface area contributed by atoms with E-state index in [1.54, 1.807) is 18.2 Å². The third-order valence-corrected chi connectivity index (χ3v) is 2.36. The summed E-state index contributed by atoms with van der Waals surface area (Å²) in [6.45, 7) is 1.43. The first kappa shape index (κ1) is 12.8. The van der Waals surface area contributed by atoms with Crippen molar-refractivity contribution in [3.8, 4) is 0 Å². The lowest BCUT2D eigenvalue weighted by atomic mass is 10.2. The summed E-state index contributed by atoms with van der Waals surface area (Å²) in [5, 5.41) is 10.9. The number of hydrogen-bond donors (Lipinski definition) is 2. The van der Waals surface area contributed by atoms with Gasteiger partial charge in [-0.25, -0.2) is 0 Å². The van der Waals surface area contributed by atoms with Gasteiger partial charge < -0.3 is 11.1 Å². The zero-order valence-corrected chi connectivity index (χ0v) is 10.5. The second kappa shape index (κ2) is 5.77. The number of benzene rings is 2. The van der Waals surface area contributed by atoms with E-state index in [1.807, 2.05) is 30.3 Å². The Bertz CT molecular complexity index is 608. The smallest absolute Gasteiger partial charge is 0.221 e. The van der Waals surface area contributed by atoms with E-state index in [-0.39, 0.29) is 5.91 Å². The van der Waals surface area contributed by atoms with Gasteiger partial charge in [0, 0.05) is 12.6 Å². The van der Waals surface area contributed by atoms with Crippen LogP contribution < -0.4 is 11.1 Å². The Labute approximate surface area is 111 Å². The molecule has 5 heteroatoms. The number of amides is 1. The minimum atomic E-state index is -0.179. The molecule has 0 fully saturated rings. The minimum Gasteiger partial charge on any atom is -0.399 e. The van der Waals surface area contributed by atoms with E-state index in [1.165, 1.54) is 6.92 Å². The highest BCUT2D eigenvalue weighted by Crippen LogP contribution is 2.28. The number of carbonyl (C=O) groups is 1. The van der Waals surface area contributed by atoms with Gasteiger partial charge in [0.25, 0.3) is 0 Å². The van der Waals surface area contributed by atoms with Crippen LogP contribution in [0.1, 0.15) is 6.92 Å². The topological polar surface area (TPSA) is 79.8 Å². The lowest BCUT2D eigenvalue weighted by Crippen LogP contribution is -2.06. The van der Waals surface area contributed by atoms with Crippen LogP contribution in [-0.4, -0.2) is 5.91 Å². The molecule has 0 unspecified atom stereocenters. The Morgan fingerprint density at radius 3 is 2.53 bits per heavy atom. The maximum atomic E-state index is 11.1. The molecule has 0 bridgehead atoms. The Morgan fingerprint density at radius 1 is 1.11 bits per heavy atom. The Hall–Kier alpha value is -2.69. The molecule has 2 aromatic carbocycles. The van der Waals surface area contributed by atoms with Gasteiger partial charge in [0.2, 0.25) is 5.91 Å². The summed E-state index contributed by atoms with van der Waals surface area (Å²) in [7, 11) is 0. The van der Waals surface area contributed by atoms with Gasteiger partial charge in [-0.2, -0.15) is 5.11 Å². The minimum absolute atomic E-state index is 0.179. The van der Waals surface area contributed by atoms with Crippen molar-refractivity contribution in [3.63, 3.8) is 0 Å². The molecule has 0 saturated heterocycles. The van der Waals surface area contributed by atoms with Gasteiger partial charge in [0.05, 0.1) is 11.4 Å². The third kappa shape index (κ3) is 3.64. The number of nitrogens with two attached hydrogens (primary N) is 1. The Kier molecular flexibility index (Phi) is 3.87. The number of nitrogens with zero attached hydrogens (tertiary/aromatic N) is 2. The van der Waals surface area contributed by atoms with Gasteiger partial charge in [-0.05, 0) is 30.3 Å². The summed E-state index contributed by atoms with van der Waals surface area (Å²) in [6, 6.07) is 14.4. The molecule has 0 saturated carbocycles. The maximum absolute atomic E-state index is 11.1. The zero-order chi connectivity index (χ0) is 13.7. The normalized spacial score (nSPS) is 10.6. The van der Waals surface area contributed by atoms with E-state index in [0.29, 0.717) is 17.1 Å². The number of anilines is 2. The van der Waals surface area contributed by atoms with E-state index in [4.69, 9.17) is 5.73 Å². The summed E-state index contributed by atoms with van der Waals surface area (Å²) >= 11 is 0. The molecule has 0 spiro atoms. The van der Waals surface area contributed by atoms with Crippen molar-refractivity contribution in [3.05, 3.63) is 48.5 Å². The van der Waals surface area contributed by atoms with Crippen LogP contribution >= 0.6 is 0 Å². The predicted octanol–water partition coefficient (Wildman–Crippen LogP) is 3.64. The van der Waals surface area contributed by atoms with E-state index in [2.05, 4.69) is 15.5 Å². The van der Waals surface area contributed by atoms with Gasteiger partial charge in [-0.1, -0.05) is 18.2 Å². The molecule has 0 aliphatic heterocycles. The molecule has 3 N–H and O–H groups in total. The molecule has 0 heterocycles. The van der Waals surface area contributed by atoms with Crippen LogP contribution in [0.4, 0.5) is 22.7 Å². The van der Waals surface area contributed by atoms with Crippen LogP contribution in [0.25, 0.3) is 0 Å². The fraction of sp³-hybridized carbons (Fsp3) is 0.0714. The first-order chi connectivity index (χ1) is 9.15. The standard InChI is InChI=1S/C14H14N4O/c1-10(19)16-14-9-11(15)7-8-13(14)18-17-12-5-3-2-4-6-12/h2-9H,15H2,1H3,(H,16,19). The monoisotopic (exact) mass is 254 g/mol. The van der Waals surface area contributed by atoms with Crippen LogP contribution in [-0.2, 0) is 4.79 Å². The number of carbonyl (C=O) groups excluding carboxylic acids is 1. The summed E-state index contributed by atoms with van der Waals surface area (Å²) in [4.78, 5) is 11.1. The fourth-order valence-electron chi connectivity index (χ4n) is 1.54. The van der Waals surface area contributed by atoms with E-state index in [9.17, 15) is 4.79 Å². The molecule has 0 aliphatic carbocycles. The van der Waals surface area contributed by atoms with E-state index >= 15 is 0 Å². The van der Waals surface area contributed by atoms with Crippen LogP contribution in [0, 0.1) is 0 Å². The van der Waals surface area contributed by atoms with Crippen molar-refractivity contribution < 1.29 is 4.79 Å². The lowest BCUT2D eigenvalue weighted by molar-refractivity contribution is -0.114. The average Bonchev–Trinajstić information content (AvgIpc) is 2.38. The molecular weight excluding hydrogens is 240 g/mol. The van der Waals surface area contributed by atoms with Crippen molar-refractivity contribution in [1.82, 2.24) is 0 Å². The van der Waals surface area contributed by atoms with Crippen LogP contribution in [0.2, 0.25) is 0 Å². The molecule has 0 aliphatic rings. The van der Waals surface area contributed by atoms with Gasteiger partial charge in [0.15, 0.2) is 0 Å². The van der Waals surface area contributed by atoms with E-state index in [0.717, 1.165) is 5.69 Å². The molecule has 0 radical (unpaired) electrons. The van der Waals surface area contributed by atoms with Crippen LogP contribution in [0.3, 0.4) is 0 Å². The fourth-order valence-corrected chi connectivity index (χ4v) is 1.54. The van der Waals surface area contributed by atoms with E-state index < -0.39 is 0 Å². The van der Waals surface area contributed by atoms with Gasteiger partial charge >= 0.3 is 0 Å². The number of nitrogens with one attached hydrogen (secondary N) is 1. The largest absolute Gasteiger partial charge is 0.399 e. The molecule has 1 amide bonds. The molecule has 2 aromatic rings. The SMILES string of the molecule is CC(=O)Nc1cc(N)ccc1N=Nc1ccccc1. The zero-order valence-electron chi connectivity index (χ0n) is 10.5. The predicted molar refractivity (Wildman–Crippen MR) is 75.8 cm³/mol. The van der Waals surface area contributed by atoms with Crippen LogP contribution in [0.5, 0.6) is 0 Å². The highest BCUT2D eigenvalue weighted by Gasteiger charge is 2.04. The molecule has 96 valence electrons. The summed E-state index contributed by atoms with van der Waals surface area (Å²) < 4.78 is 0. The summed E-state index contributed by atoms with van der Waals surface area (Å²) in [5.74, 6) is -0.179. The maximum Gasteiger partial charge on any atom is 0.221 e.